The van der Waals surface area contributed by atoms with E-state index in [1.54, 1.807) is 25.0 Å². The Morgan fingerprint density at radius 3 is 2.87 bits per heavy atom. The van der Waals surface area contributed by atoms with Gasteiger partial charge in [0, 0.05) is 56.7 Å². The largest absolute Gasteiger partial charge is 0.497 e. The molecule has 0 aliphatic carbocycles. The zero-order valence-corrected chi connectivity index (χ0v) is 18.6. The first-order valence-corrected chi connectivity index (χ1v) is 10.7. The zero-order valence-electron chi connectivity index (χ0n) is 18.6. The SMILES string of the molecule is COc1cccc(NC(=O)N2CCCC(N(CCc3noc(C(C)C)n3)C(C)=O)C2)c1. The van der Waals surface area contributed by atoms with Gasteiger partial charge in [0.15, 0.2) is 5.82 Å². The van der Waals surface area contributed by atoms with Crippen molar-refractivity contribution in [1.29, 1.82) is 0 Å². The van der Waals surface area contributed by atoms with E-state index >= 15 is 0 Å². The van der Waals surface area contributed by atoms with Crippen molar-refractivity contribution in [1.82, 2.24) is 19.9 Å². The predicted octanol–water partition coefficient (Wildman–Crippen LogP) is 3.29. The van der Waals surface area contributed by atoms with Crippen LogP contribution in [0, 0.1) is 0 Å². The Bertz CT molecular complexity index is 898. The number of benzene rings is 1. The lowest BCUT2D eigenvalue weighted by atomic mass is 10.0. The molecular formula is C22H31N5O4. The summed E-state index contributed by atoms with van der Waals surface area (Å²) >= 11 is 0. The first-order chi connectivity index (χ1) is 14.9. The smallest absolute Gasteiger partial charge is 0.321 e. The Hall–Kier alpha value is -3.10. The van der Waals surface area contributed by atoms with Gasteiger partial charge in [-0.1, -0.05) is 25.1 Å². The first-order valence-electron chi connectivity index (χ1n) is 10.7. The van der Waals surface area contributed by atoms with Crippen LogP contribution in [0.4, 0.5) is 10.5 Å². The molecule has 168 valence electrons. The number of carbonyl (C=O) groups excluding carboxylic acids is 2. The number of ether oxygens (including phenoxy) is 1. The van der Waals surface area contributed by atoms with E-state index in [1.165, 1.54) is 0 Å². The normalized spacial score (nSPS) is 16.3. The third-order valence-corrected chi connectivity index (χ3v) is 5.40. The molecule has 2 aromatic rings. The van der Waals surface area contributed by atoms with Crippen LogP contribution in [0.5, 0.6) is 5.75 Å². The van der Waals surface area contributed by atoms with Crippen LogP contribution in [0.25, 0.3) is 0 Å². The molecule has 0 bridgehead atoms. The molecule has 3 rings (SSSR count). The average Bonchev–Trinajstić information content (AvgIpc) is 3.23. The minimum absolute atomic E-state index is 0.0207. The van der Waals surface area contributed by atoms with Gasteiger partial charge < -0.3 is 24.4 Å². The van der Waals surface area contributed by atoms with E-state index in [0.717, 1.165) is 12.8 Å². The number of nitrogens with zero attached hydrogens (tertiary/aromatic N) is 4. The molecular weight excluding hydrogens is 398 g/mol. The molecule has 9 heteroatoms. The molecule has 3 amide bonds. The molecule has 1 aliphatic heterocycles. The summed E-state index contributed by atoms with van der Waals surface area (Å²) in [6.45, 7) is 7.17. The summed E-state index contributed by atoms with van der Waals surface area (Å²) < 4.78 is 10.5. The van der Waals surface area contributed by atoms with Crippen LogP contribution in [0.2, 0.25) is 0 Å². The number of nitrogens with one attached hydrogen (secondary N) is 1. The Kier molecular flexibility index (Phi) is 7.49. The van der Waals surface area contributed by atoms with Crippen LogP contribution in [0.1, 0.15) is 51.2 Å². The first kappa shape index (κ1) is 22.6. The van der Waals surface area contributed by atoms with Crippen molar-refractivity contribution in [2.45, 2.75) is 52.0 Å². The molecule has 1 aliphatic rings. The Labute approximate surface area is 182 Å². The minimum Gasteiger partial charge on any atom is -0.497 e. The molecule has 1 atom stereocenters. The Morgan fingerprint density at radius 2 is 2.19 bits per heavy atom. The number of anilines is 1. The number of likely N-dealkylation sites (tertiary alicyclic amines) is 1. The molecule has 2 heterocycles. The standard InChI is InChI=1S/C22H31N5O4/c1-15(2)21-24-20(25-31-21)10-12-27(16(3)28)18-8-6-11-26(14-18)22(29)23-17-7-5-9-19(13-17)30-4/h5,7,9,13,15,18H,6,8,10-12,14H2,1-4H3,(H,23,29). The average molecular weight is 430 g/mol. The van der Waals surface area contributed by atoms with Crippen molar-refractivity contribution in [3.05, 3.63) is 36.0 Å². The van der Waals surface area contributed by atoms with Gasteiger partial charge in [0.25, 0.3) is 0 Å². The van der Waals surface area contributed by atoms with Gasteiger partial charge in [0.2, 0.25) is 11.8 Å². The quantitative estimate of drug-likeness (QED) is 0.725. The monoisotopic (exact) mass is 429 g/mol. The third-order valence-electron chi connectivity index (χ3n) is 5.40. The van der Waals surface area contributed by atoms with E-state index in [9.17, 15) is 9.59 Å². The number of rotatable bonds is 7. The van der Waals surface area contributed by atoms with Crippen molar-refractivity contribution in [3.63, 3.8) is 0 Å². The van der Waals surface area contributed by atoms with E-state index < -0.39 is 0 Å². The molecule has 1 aromatic carbocycles. The number of hydrogen-bond donors (Lipinski definition) is 1. The van der Waals surface area contributed by atoms with Gasteiger partial charge in [-0.15, -0.1) is 0 Å². The molecule has 1 N–H and O–H groups in total. The number of aromatic nitrogens is 2. The van der Waals surface area contributed by atoms with Gasteiger partial charge in [0.1, 0.15) is 5.75 Å². The number of piperidine rings is 1. The number of amides is 3. The van der Waals surface area contributed by atoms with Crippen molar-refractivity contribution in [2.24, 2.45) is 0 Å². The highest BCUT2D eigenvalue weighted by atomic mass is 16.5. The molecule has 0 radical (unpaired) electrons. The fourth-order valence-electron chi connectivity index (χ4n) is 3.72. The topological polar surface area (TPSA) is 101 Å². The molecule has 1 fully saturated rings. The summed E-state index contributed by atoms with van der Waals surface area (Å²) in [4.78, 5) is 33.1. The van der Waals surface area contributed by atoms with Crippen LogP contribution in [-0.2, 0) is 11.2 Å². The minimum atomic E-state index is -0.179. The van der Waals surface area contributed by atoms with E-state index in [0.29, 0.717) is 49.2 Å². The highest BCUT2D eigenvalue weighted by Gasteiger charge is 2.29. The van der Waals surface area contributed by atoms with Crippen molar-refractivity contribution in [2.75, 3.05) is 32.1 Å². The van der Waals surface area contributed by atoms with E-state index in [1.807, 2.05) is 36.9 Å². The summed E-state index contributed by atoms with van der Waals surface area (Å²) in [5.41, 5.74) is 0.674. The third kappa shape index (κ3) is 5.96. The molecule has 1 saturated heterocycles. The maximum absolute atomic E-state index is 12.8. The van der Waals surface area contributed by atoms with Crippen LogP contribution < -0.4 is 10.1 Å². The van der Waals surface area contributed by atoms with Gasteiger partial charge in [-0.05, 0) is 25.0 Å². The molecule has 0 saturated carbocycles. The maximum atomic E-state index is 12.8. The number of methoxy groups -OCH3 is 1. The zero-order chi connectivity index (χ0) is 22.4. The highest BCUT2D eigenvalue weighted by Crippen LogP contribution is 2.20. The summed E-state index contributed by atoms with van der Waals surface area (Å²) in [5, 5.41) is 6.93. The lowest BCUT2D eigenvalue weighted by molar-refractivity contribution is -0.132. The molecule has 0 spiro atoms. The second-order valence-electron chi connectivity index (χ2n) is 8.07. The van der Waals surface area contributed by atoms with Gasteiger partial charge in [-0.2, -0.15) is 4.98 Å². The van der Waals surface area contributed by atoms with E-state index in [-0.39, 0.29) is 23.9 Å². The van der Waals surface area contributed by atoms with E-state index in [2.05, 4.69) is 15.5 Å². The predicted molar refractivity (Wildman–Crippen MR) is 116 cm³/mol. The Balaban J connectivity index is 1.60. The van der Waals surface area contributed by atoms with E-state index in [4.69, 9.17) is 9.26 Å². The molecule has 1 unspecified atom stereocenters. The number of urea groups is 1. The number of hydrogen-bond acceptors (Lipinski definition) is 6. The van der Waals surface area contributed by atoms with Gasteiger partial charge >= 0.3 is 6.03 Å². The van der Waals surface area contributed by atoms with Crippen LogP contribution >= 0.6 is 0 Å². The lowest BCUT2D eigenvalue weighted by Gasteiger charge is -2.39. The molecule has 1 aromatic heterocycles. The fourth-order valence-corrected chi connectivity index (χ4v) is 3.72. The molecule has 9 nitrogen and oxygen atoms in total. The van der Waals surface area contributed by atoms with Crippen molar-refractivity contribution < 1.29 is 18.8 Å². The van der Waals surface area contributed by atoms with Crippen LogP contribution in [-0.4, -0.2) is 64.7 Å². The highest BCUT2D eigenvalue weighted by molar-refractivity contribution is 5.89. The second kappa shape index (κ2) is 10.3. The Morgan fingerprint density at radius 1 is 1.39 bits per heavy atom. The maximum Gasteiger partial charge on any atom is 0.321 e. The van der Waals surface area contributed by atoms with Crippen LogP contribution in [0.3, 0.4) is 0 Å². The number of carbonyl (C=O) groups is 2. The summed E-state index contributed by atoms with van der Waals surface area (Å²) in [5.74, 6) is 2.02. The van der Waals surface area contributed by atoms with Gasteiger partial charge in [-0.25, -0.2) is 4.79 Å². The van der Waals surface area contributed by atoms with Gasteiger partial charge in [0.05, 0.1) is 7.11 Å². The summed E-state index contributed by atoms with van der Waals surface area (Å²) in [6.07, 6.45) is 2.20. The van der Waals surface area contributed by atoms with Gasteiger partial charge in [-0.3, -0.25) is 4.79 Å². The summed E-state index contributed by atoms with van der Waals surface area (Å²) in [7, 11) is 1.59. The fraction of sp³-hybridized carbons (Fsp3) is 0.545. The van der Waals surface area contributed by atoms with Crippen molar-refractivity contribution >= 4 is 17.6 Å². The summed E-state index contributed by atoms with van der Waals surface area (Å²) in [6, 6.07) is 7.02. The van der Waals surface area contributed by atoms with Crippen LogP contribution in [0.15, 0.2) is 28.8 Å². The second-order valence-corrected chi connectivity index (χ2v) is 8.07. The molecule has 31 heavy (non-hydrogen) atoms. The van der Waals surface area contributed by atoms with Crippen molar-refractivity contribution in [3.8, 4) is 5.75 Å². The lowest BCUT2D eigenvalue weighted by Crippen LogP contribution is -2.52.